The molecule has 1 aliphatic rings. The molecule has 0 aromatic heterocycles. The molecule has 1 aromatic carbocycles. The molecular formula is C14H17ClN2. The zero-order valence-electron chi connectivity index (χ0n) is 9.95. The van der Waals surface area contributed by atoms with E-state index in [0.29, 0.717) is 5.02 Å². The third-order valence-corrected chi connectivity index (χ3v) is 3.51. The smallest absolute Gasteiger partial charge is 0.101 e. The summed E-state index contributed by atoms with van der Waals surface area (Å²) in [7, 11) is 0. The minimum atomic E-state index is 0.709. The Morgan fingerprint density at radius 1 is 1.06 bits per heavy atom. The first kappa shape index (κ1) is 12.3. The van der Waals surface area contributed by atoms with E-state index in [2.05, 4.69) is 11.0 Å². The van der Waals surface area contributed by atoms with Crippen LogP contribution in [0.15, 0.2) is 18.2 Å². The number of hydrogen-bond donors (Lipinski definition) is 0. The molecule has 1 saturated heterocycles. The van der Waals surface area contributed by atoms with Gasteiger partial charge in [-0.15, -0.1) is 0 Å². The molecule has 2 nitrogen and oxygen atoms in total. The lowest BCUT2D eigenvalue weighted by Gasteiger charge is -2.27. The largest absolute Gasteiger partial charge is 0.370 e. The van der Waals surface area contributed by atoms with Crippen LogP contribution in [0.2, 0.25) is 5.02 Å². The molecule has 2 rings (SSSR count). The van der Waals surface area contributed by atoms with Crippen LogP contribution in [-0.2, 0) is 0 Å². The SMILES string of the molecule is N#Cc1ccc(Cl)cc1N1CCCCCCC1. The number of benzene rings is 1. The van der Waals surface area contributed by atoms with Crippen LogP contribution in [0.4, 0.5) is 5.69 Å². The average Bonchev–Trinajstić information content (AvgIpc) is 2.28. The molecule has 0 N–H and O–H groups in total. The minimum Gasteiger partial charge on any atom is -0.370 e. The first-order valence-corrected chi connectivity index (χ1v) is 6.63. The number of rotatable bonds is 1. The van der Waals surface area contributed by atoms with E-state index in [1.807, 2.05) is 12.1 Å². The molecule has 3 heteroatoms. The quantitative estimate of drug-likeness (QED) is 0.752. The molecular weight excluding hydrogens is 232 g/mol. The van der Waals surface area contributed by atoms with Crippen LogP contribution in [0.25, 0.3) is 0 Å². The van der Waals surface area contributed by atoms with Crippen molar-refractivity contribution in [3.8, 4) is 6.07 Å². The molecule has 90 valence electrons. The maximum Gasteiger partial charge on any atom is 0.101 e. The van der Waals surface area contributed by atoms with Crippen molar-refractivity contribution in [2.24, 2.45) is 0 Å². The van der Waals surface area contributed by atoms with E-state index < -0.39 is 0 Å². The number of anilines is 1. The Kier molecular flexibility index (Phi) is 4.28. The van der Waals surface area contributed by atoms with Crippen LogP contribution < -0.4 is 4.90 Å². The van der Waals surface area contributed by atoms with Gasteiger partial charge < -0.3 is 4.90 Å². The molecule has 0 atom stereocenters. The second kappa shape index (κ2) is 5.93. The predicted octanol–water partition coefficient (Wildman–Crippen LogP) is 3.98. The maximum absolute atomic E-state index is 9.15. The molecule has 17 heavy (non-hydrogen) atoms. The van der Waals surface area contributed by atoms with Gasteiger partial charge in [-0.2, -0.15) is 5.26 Å². The van der Waals surface area contributed by atoms with Crippen LogP contribution in [0, 0.1) is 11.3 Å². The summed E-state index contributed by atoms with van der Waals surface area (Å²) in [6, 6.07) is 7.78. The van der Waals surface area contributed by atoms with E-state index in [4.69, 9.17) is 16.9 Å². The van der Waals surface area contributed by atoms with E-state index in [0.717, 1.165) is 24.3 Å². The van der Waals surface area contributed by atoms with Crippen molar-refractivity contribution in [1.82, 2.24) is 0 Å². The maximum atomic E-state index is 9.15. The summed E-state index contributed by atoms with van der Waals surface area (Å²) in [4.78, 5) is 2.31. The van der Waals surface area contributed by atoms with E-state index in [-0.39, 0.29) is 0 Å². The first-order valence-electron chi connectivity index (χ1n) is 6.26. The van der Waals surface area contributed by atoms with Crippen molar-refractivity contribution in [2.45, 2.75) is 32.1 Å². The Labute approximate surface area is 108 Å². The summed E-state index contributed by atoms with van der Waals surface area (Å²) in [6.07, 6.45) is 6.33. The number of hydrogen-bond acceptors (Lipinski definition) is 2. The summed E-state index contributed by atoms with van der Waals surface area (Å²) in [5, 5.41) is 9.86. The monoisotopic (exact) mass is 248 g/mol. The Morgan fingerprint density at radius 2 is 1.71 bits per heavy atom. The molecule has 0 saturated carbocycles. The van der Waals surface area contributed by atoms with Gasteiger partial charge in [0, 0.05) is 18.1 Å². The lowest BCUT2D eigenvalue weighted by Crippen LogP contribution is -2.27. The van der Waals surface area contributed by atoms with Gasteiger partial charge in [0.05, 0.1) is 11.3 Å². The van der Waals surface area contributed by atoms with Crippen LogP contribution >= 0.6 is 11.6 Å². The van der Waals surface area contributed by atoms with Crippen molar-refractivity contribution < 1.29 is 0 Å². The lowest BCUT2D eigenvalue weighted by atomic mass is 10.1. The highest BCUT2D eigenvalue weighted by Crippen LogP contribution is 2.26. The van der Waals surface area contributed by atoms with Crippen LogP contribution in [0.1, 0.15) is 37.7 Å². The van der Waals surface area contributed by atoms with Gasteiger partial charge >= 0.3 is 0 Å². The van der Waals surface area contributed by atoms with Crippen molar-refractivity contribution in [1.29, 1.82) is 5.26 Å². The molecule has 0 unspecified atom stereocenters. The fourth-order valence-corrected chi connectivity index (χ4v) is 2.52. The highest BCUT2D eigenvalue weighted by Gasteiger charge is 2.13. The third kappa shape index (κ3) is 3.14. The molecule has 0 aliphatic carbocycles. The van der Waals surface area contributed by atoms with Crippen molar-refractivity contribution in [2.75, 3.05) is 18.0 Å². The van der Waals surface area contributed by atoms with Crippen LogP contribution in [0.5, 0.6) is 0 Å². The van der Waals surface area contributed by atoms with Gasteiger partial charge in [0.25, 0.3) is 0 Å². The predicted molar refractivity (Wildman–Crippen MR) is 71.5 cm³/mol. The Balaban J connectivity index is 2.24. The normalized spacial score (nSPS) is 17.1. The molecule has 1 fully saturated rings. The topological polar surface area (TPSA) is 27.0 Å². The third-order valence-electron chi connectivity index (χ3n) is 3.28. The minimum absolute atomic E-state index is 0.709. The molecule has 1 aliphatic heterocycles. The molecule has 0 radical (unpaired) electrons. The van der Waals surface area contributed by atoms with Crippen molar-refractivity contribution in [3.05, 3.63) is 28.8 Å². The van der Waals surface area contributed by atoms with Gasteiger partial charge in [-0.1, -0.05) is 30.9 Å². The van der Waals surface area contributed by atoms with E-state index in [1.165, 1.54) is 32.1 Å². The van der Waals surface area contributed by atoms with Crippen molar-refractivity contribution >= 4 is 17.3 Å². The highest BCUT2D eigenvalue weighted by molar-refractivity contribution is 6.30. The number of nitriles is 1. The number of halogens is 1. The second-order valence-corrected chi connectivity index (χ2v) is 4.96. The van der Waals surface area contributed by atoms with Crippen molar-refractivity contribution in [3.63, 3.8) is 0 Å². The van der Waals surface area contributed by atoms with Gasteiger partial charge in [0.2, 0.25) is 0 Å². The summed E-state index contributed by atoms with van der Waals surface area (Å²) in [5.41, 5.74) is 1.73. The fraction of sp³-hybridized carbons (Fsp3) is 0.500. The van der Waals surface area contributed by atoms with E-state index >= 15 is 0 Å². The highest BCUT2D eigenvalue weighted by atomic mass is 35.5. The summed E-state index contributed by atoms with van der Waals surface area (Å²) in [5.74, 6) is 0. The molecule has 0 spiro atoms. The van der Waals surface area contributed by atoms with Gasteiger partial charge in [-0.05, 0) is 31.0 Å². The van der Waals surface area contributed by atoms with Crippen LogP contribution in [-0.4, -0.2) is 13.1 Å². The number of nitrogens with zero attached hydrogens (tertiary/aromatic N) is 2. The van der Waals surface area contributed by atoms with Gasteiger partial charge in [-0.3, -0.25) is 0 Å². The molecule has 1 heterocycles. The van der Waals surface area contributed by atoms with Gasteiger partial charge in [-0.25, -0.2) is 0 Å². The Hall–Kier alpha value is -1.20. The zero-order chi connectivity index (χ0) is 12.1. The summed E-state index contributed by atoms with van der Waals surface area (Å²) in [6.45, 7) is 2.07. The fourth-order valence-electron chi connectivity index (χ4n) is 2.35. The molecule has 0 bridgehead atoms. The summed E-state index contributed by atoms with van der Waals surface area (Å²) >= 11 is 6.03. The van der Waals surface area contributed by atoms with Gasteiger partial charge in [0.15, 0.2) is 0 Å². The Bertz CT molecular complexity index is 415. The lowest BCUT2D eigenvalue weighted by molar-refractivity contribution is 0.556. The van der Waals surface area contributed by atoms with E-state index in [9.17, 15) is 0 Å². The van der Waals surface area contributed by atoms with Crippen LogP contribution in [0.3, 0.4) is 0 Å². The van der Waals surface area contributed by atoms with E-state index in [1.54, 1.807) is 6.07 Å². The second-order valence-electron chi connectivity index (χ2n) is 4.53. The van der Waals surface area contributed by atoms with Gasteiger partial charge in [0.1, 0.15) is 6.07 Å². The first-order chi connectivity index (χ1) is 8.31. The zero-order valence-corrected chi connectivity index (χ0v) is 10.7. The average molecular weight is 249 g/mol. The molecule has 1 aromatic rings. The standard InChI is InChI=1S/C14H17ClN2/c15-13-7-6-12(11-16)14(10-13)17-8-4-2-1-3-5-9-17/h6-7,10H,1-5,8-9H2. The summed E-state index contributed by atoms with van der Waals surface area (Å²) < 4.78 is 0. The molecule has 0 amide bonds. The Morgan fingerprint density at radius 3 is 2.35 bits per heavy atom.